The van der Waals surface area contributed by atoms with E-state index < -0.39 is 7.12 Å². The smallest absolute Gasteiger partial charge is 0.481 e. The molecule has 2 heterocycles. The second-order valence-electron chi connectivity index (χ2n) is 5.84. The number of aromatic nitrogens is 1. The Morgan fingerprint density at radius 2 is 1.74 bits per heavy atom. The third kappa shape index (κ3) is 2.49. The predicted octanol–water partition coefficient (Wildman–Crippen LogP) is 1.95. The van der Waals surface area contributed by atoms with E-state index in [9.17, 15) is 0 Å². The second-order valence-corrected chi connectivity index (χ2v) is 5.84. The van der Waals surface area contributed by atoms with Gasteiger partial charge in [0.05, 0.1) is 18.3 Å². The van der Waals surface area contributed by atoms with Crippen molar-refractivity contribution >= 4 is 12.6 Å². The van der Waals surface area contributed by atoms with E-state index in [1.54, 1.807) is 7.11 Å². The van der Waals surface area contributed by atoms with Gasteiger partial charge in [-0.1, -0.05) is 13.0 Å². The summed E-state index contributed by atoms with van der Waals surface area (Å²) in [4.78, 5) is 4.47. The fraction of sp³-hybridized carbons (Fsp3) is 0.643. The van der Waals surface area contributed by atoms with Gasteiger partial charge in [0.2, 0.25) is 5.88 Å². The summed E-state index contributed by atoms with van der Waals surface area (Å²) in [5.41, 5.74) is 1.13. The molecule has 0 spiro atoms. The Bertz CT molecular complexity index is 458. The summed E-state index contributed by atoms with van der Waals surface area (Å²) < 4.78 is 17.4. The summed E-state index contributed by atoms with van der Waals surface area (Å²) in [6.45, 7) is 10.2. The first-order valence-corrected chi connectivity index (χ1v) is 6.70. The van der Waals surface area contributed by atoms with Crippen LogP contribution in [-0.4, -0.2) is 30.4 Å². The molecule has 1 aliphatic rings. The minimum atomic E-state index is -0.432. The molecule has 19 heavy (non-hydrogen) atoms. The highest BCUT2D eigenvalue weighted by Gasteiger charge is 2.52. The van der Waals surface area contributed by atoms with Gasteiger partial charge in [0.1, 0.15) is 0 Å². The lowest BCUT2D eigenvalue weighted by Crippen LogP contribution is -2.41. The molecule has 0 radical (unpaired) electrons. The summed E-state index contributed by atoms with van der Waals surface area (Å²) in [6.07, 6.45) is 0.875. The summed E-state index contributed by atoms with van der Waals surface area (Å²) in [5, 5.41) is 0. The monoisotopic (exact) mass is 263 g/mol. The van der Waals surface area contributed by atoms with E-state index in [0.717, 1.165) is 17.6 Å². The third-order valence-corrected chi connectivity index (χ3v) is 4.01. The Labute approximate surface area is 115 Å². The quantitative estimate of drug-likeness (QED) is 0.781. The average molecular weight is 263 g/mol. The number of hydrogen-bond acceptors (Lipinski definition) is 4. The molecule has 0 bridgehead atoms. The van der Waals surface area contributed by atoms with Gasteiger partial charge in [-0.3, -0.25) is 0 Å². The molecule has 0 saturated carbocycles. The van der Waals surface area contributed by atoms with Crippen molar-refractivity contribution < 1.29 is 14.0 Å². The van der Waals surface area contributed by atoms with Crippen LogP contribution in [0.1, 0.15) is 40.3 Å². The van der Waals surface area contributed by atoms with E-state index in [1.807, 2.05) is 39.8 Å². The molecule has 1 saturated heterocycles. The molecular weight excluding hydrogens is 241 g/mol. The van der Waals surface area contributed by atoms with Crippen LogP contribution in [0.5, 0.6) is 5.88 Å². The van der Waals surface area contributed by atoms with E-state index in [4.69, 9.17) is 14.0 Å². The van der Waals surface area contributed by atoms with E-state index in [0.29, 0.717) is 5.88 Å². The number of ether oxygens (including phenoxy) is 1. The molecule has 0 aromatic carbocycles. The first-order chi connectivity index (χ1) is 8.80. The summed E-state index contributed by atoms with van der Waals surface area (Å²) in [5.74, 6) is 0.581. The maximum atomic E-state index is 6.02. The zero-order chi connectivity index (χ0) is 14.3. The molecule has 0 aliphatic carbocycles. The van der Waals surface area contributed by atoms with Gasteiger partial charge in [0.25, 0.3) is 0 Å². The molecule has 1 aromatic heterocycles. The van der Waals surface area contributed by atoms with Crippen molar-refractivity contribution in [2.45, 2.75) is 52.2 Å². The lowest BCUT2D eigenvalue weighted by atomic mass is 9.79. The van der Waals surface area contributed by atoms with Crippen LogP contribution in [0.15, 0.2) is 12.1 Å². The molecule has 1 aliphatic heterocycles. The molecule has 0 N–H and O–H groups in total. The van der Waals surface area contributed by atoms with Gasteiger partial charge in [-0.2, -0.15) is 0 Å². The zero-order valence-electron chi connectivity index (χ0n) is 12.6. The summed E-state index contributed by atoms with van der Waals surface area (Å²) in [7, 11) is 1.19. The zero-order valence-corrected chi connectivity index (χ0v) is 12.6. The first kappa shape index (κ1) is 14.3. The Kier molecular flexibility index (Phi) is 3.62. The number of rotatable bonds is 3. The fourth-order valence-corrected chi connectivity index (χ4v) is 2.00. The number of methoxy groups -OCH3 is 1. The average Bonchev–Trinajstić information content (AvgIpc) is 2.57. The van der Waals surface area contributed by atoms with Crippen LogP contribution >= 0.6 is 0 Å². The molecule has 0 amide bonds. The number of nitrogens with zero attached hydrogens (tertiary/aromatic N) is 1. The van der Waals surface area contributed by atoms with Gasteiger partial charge in [-0.15, -0.1) is 0 Å². The number of pyridine rings is 1. The Balaban J connectivity index is 2.34. The summed E-state index contributed by atoms with van der Waals surface area (Å²) in [6, 6.07) is 3.97. The minimum absolute atomic E-state index is 0.355. The topological polar surface area (TPSA) is 40.6 Å². The fourth-order valence-electron chi connectivity index (χ4n) is 2.00. The summed E-state index contributed by atoms with van der Waals surface area (Å²) >= 11 is 0. The maximum Gasteiger partial charge on any atom is 0.500 e. The second kappa shape index (κ2) is 4.80. The number of aryl methyl sites for hydroxylation is 1. The molecule has 2 rings (SSSR count). The third-order valence-electron chi connectivity index (χ3n) is 4.01. The van der Waals surface area contributed by atoms with Crippen LogP contribution in [0.4, 0.5) is 0 Å². The lowest BCUT2D eigenvalue weighted by Gasteiger charge is -2.32. The van der Waals surface area contributed by atoms with Crippen molar-refractivity contribution in [3.63, 3.8) is 0 Å². The highest BCUT2D eigenvalue weighted by Crippen LogP contribution is 2.37. The van der Waals surface area contributed by atoms with Crippen molar-refractivity contribution in [1.82, 2.24) is 4.98 Å². The Morgan fingerprint density at radius 3 is 2.21 bits per heavy atom. The van der Waals surface area contributed by atoms with Crippen molar-refractivity contribution in [2.75, 3.05) is 7.11 Å². The molecule has 0 atom stereocenters. The van der Waals surface area contributed by atoms with E-state index in [-0.39, 0.29) is 11.2 Å². The van der Waals surface area contributed by atoms with Crippen molar-refractivity contribution in [1.29, 1.82) is 0 Å². The Hall–Kier alpha value is -1.07. The largest absolute Gasteiger partial charge is 0.500 e. The molecule has 4 nitrogen and oxygen atoms in total. The number of hydrogen-bond donors (Lipinski definition) is 0. The molecular formula is C14H22BNO3. The molecule has 1 aromatic rings. The van der Waals surface area contributed by atoms with Gasteiger partial charge in [0.15, 0.2) is 0 Å². The SMILES string of the molecule is CCc1ccc(B2OC(C)(C)C(C)(C)O2)c(OC)n1. The highest BCUT2D eigenvalue weighted by molar-refractivity contribution is 6.63. The van der Waals surface area contributed by atoms with Crippen molar-refractivity contribution in [3.8, 4) is 5.88 Å². The van der Waals surface area contributed by atoms with Crippen LogP contribution in [0, 0.1) is 0 Å². The van der Waals surface area contributed by atoms with Gasteiger partial charge in [-0.25, -0.2) is 4.98 Å². The molecule has 104 valence electrons. The predicted molar refractivity (Wildman–Crippen MR) is 75.9 cm³/mol. The standard InChI is InChI=1S/C14H22BNO3/c1-7-10-8-9-11(12(16-10)17-6)15-18-13(2,3)14(4,5)19-15/h8-9H,7H2,1-6H3. The maximum absolute atomic E-state index is 6.02. The molecule has 0 unspecified atom stereocenters. The van der Waals surface area contributed by atoms with Crippen LogP contribution in [-0.2, 0) is 15.7 Å². The van der Waals surface area contributed by atoms with Gasteiger partial charge >= 0.3 is 7.12 Å². The normalized spacial score (nSPS) is 20.6. The van der Waals surface area contributed by atoms with Crippen LogP contribution in [0.2, 0.25) is 0 Å². The van der Waals surface area contributed by atoms with E-state index in [1.165, 1.54) is 0 Å². The van der Waals surface area contributed by atoms with Crippen molar-refractivity contribution in [3.05, 3.63) is 17.8 Å². The highest BCUT2D eigenvalue weighted by atomic mass is 16.7. The van der Waals surface area contributed by atoms with Gasteiger partial charge < -0.3 is 14.0 Å². The van der Waals surface area contributed by atoms with Crippen molar-refractivity contribution in [2.24, 2.45) is 0 Å². The van der Waals surface area contributed by atoms with Gasteiger partial charge in [0, 0.05) is 11.2 Å². The first-order valence-electron chi connectivity index (χ1n) is 6.70. The lowest BCUT2D eigenvalue weighted by molar-refractivity contribution is 0.00578. The van der Waals surface area contributed by atoms with Gasteiger partial charge in [-0.05, 0) is 40.2 Å². The van der Waals surface area contributed by atoms with E-state index >= 15 is 0 Å². The minimum Gasteiger partial charge on any atom is -0.481 e. The van der Waals surface area contributed by atoms with E-state index in [2.05, 4.69) is 11.9 Å². The Morgan fingerprint density at radius 1 is 1.16 bits per heavy atom. The van der Waals surface area contributed by atoms with Crippen LogP contribution < -0.4 is 10.2 Å². The van der Waals surface area contributed by atoms with Crippen LogP contribution in [0.3, 0.4) is 0 Å². The molecule has 1 fully saturated rings. The molecule has 5 heteroatoms. The van der Waals surface area contributed by atoms with Crippen LogP contribution in [0.25, 0.3) is 0 Å².